The Kier molecular flexibility index (Phi) is 5.85. The maximum absolute atomic E-state index is 11.1. The van der Waals surface area contributed by atoms with Gasteiger partial charge in [-0.15, -0.1) is 0 Å². The Morgan fingerprint density at radius 1 is 0.562 bits per heavy atom. The minimum absolute atomic E-state index is 0.156. The summed E-state index contributed by atoms with van der Waals surface area (Å²) in [7, 11) is 0. The first-order valence-corrected chi connectivity index (χ1v) is 9.72. The molecule has 158 valence electrons. The Morgan fingerprint density at radius 2 is 1.09 bits per heavy atom. The van der Waals surface area contributed by atoms with Crippen LogP contribution in [0.4, 0.5) is 0 Å². The molecule has 0 bridgehead atoms. The van der Waals surface area contributed by atoms with Crippen molar-refractivity contribution in [2.75, 3.05) is 0 Å². The molecule has 0 amide bonds. The third-order valence-electron chi connectivity index (χ3n) is 4.71. The van der Waals surface area contributed by atoms with Crippen molar-refractivity contribution >= 4 is 11.9 Å². The quantitative estimate of drug-likeness (QED) is 0.358. The highest BCUT2D eigenvalue weighted by Crippen LogP contribution is 2.42. The zero-order valence-electron chi connectivity index (χ0n) is 16.8. The van der Waals surface area contributed by atoms with Crippen LogP contribution >= 0.6 is 0 Å². The van der Waals surface area contributed by atoms with Crippen LogP contribution in [-0.4, -0.2) is 22.2 Å². The molecule has 0 aliphatic carbocycles. The van der Waals surface area contributed by atoms with E-state index in [9.17, 15) is 9.59 Å². The molecule has 0 aromatic heterocycles. The van der Waals surface area contributed by atoms with E-state index in [2.05, 4.69) is 0 Å². The van der Waals surface area contributed by atoms with Crippen LogP contribution in [0.3, 0.4) is 0 Å². The van der Waals surface area contributed by atoms with Crippen molar-refractivity contribution < 1.29 is 29.3 Å². The molecule has 4 rings (SSSR count). The van der Waals surface area contributed by atoms with Crippen LogP contribution in [0.5, 0.6) is 23.0 Å². The molecule has 0 radical (unpaired) electrons. The lowest BCUT2D eigenvalue weighted by atomic mass is 10.0. The molecular weight excluding hydrogens is 408 g/mol. The number of ether oxygens (including phenoxy) is 2. The van der Waals surface area contributed by atoms with E-state index in [0.717, 1.165) is 11.1 Å². The summed E-state index contributed by atoms with van der Waals surface area (Å²) < 4.78 is 12.2. The van der Waals surface area contributed by atoms with Crippen LogP contribution in [0.15, 0.2) is 97.1 Å². The van der Waals surface area contributed by atoms with Gasteiger partial charge in [0.25, 0.3) is 0 Å². The van der Waals surface area contributed by atoms with Gasteiger partial charge in [-0.1, -0.05) is 42.5 Å². The smallest absolute Gasteiger partial charge is 0.335 e. The normalized spacial score (nSPS) is 10.4. The molecule has 4 aromatic carbocycles. The zero-order chi connectivity index (χ0) is 22.5. The molecule has 32 heavy (non-hydrogen) atoms. The molecule has 0 spiro atoms. The van der Waals surface area contributed by atoms with E-state index < -0.39 is 11.9 Å². The van der Waals surface area contributed by atoms with E-state index in [0.29, 0.717) is 23.0 Å². The second-order valence-corrected chi connectivity index (χ2v) is 6.86. The van der Waals surface area contributed by atoms with Crippen molar-refractivity contribution in [2.24, 2.45) is 0 Å². The van der Waals surface area contributed by atoms with Crippen molar-refractivity contribution in [3.8, 4) is 34.1 Å². The summed E-state index contributed by atoms with van der Waals surface area (Å²) in [5.41, 5.74) is 2.01. The Labute approximate surface area is 183 Å². The first kappa shape index (κ1) is 20.7. The average Bonchev–Trinajstić information content (AvgIpc) is 2.81. The van der Waals surface area contributed by atoms with Gasteiger partial charge in [-0.2, -0.15) is 0 Å². The summed E-state index contributed by atoms with van der Waals surface area (Å²) in [6.45, 7) is 0. The van der Waals surface area contributed by atoms with Crippen molar-refractivity contribution in [3.63, 3.8) is 0 Å². The molecule has 6 nitrogen and oxygen atoms in total. The van der Waals surface area contributed by atoms with Gasteiger partial charge in [0.15, 0.2) is 11.5 Å². The number of hydrogen-bond acceptors (Lipinski definition) is 4. The predicted molar refractivity (Wildman–Crippen MR) is 119 cm³/mol. The van der Waals surface area contributed by atoms with Gasteiger partial charge in [-0.05, 0) is 60.2 Å². The maximum atomic E-state index is 11.1. The molecule has 0 saturated heterocycles. The molecule has 0 aliphatic rings. The highest BCUT2D eigenvalue weighted by molar-refractivity contribution is 5.88. The molecule has 0 heterocycles. The maximum Gasteiger partial charge on any atom is 0.335 e. The minimum Gasteiger partial charge on any atom is -0.478 e. The Balaban J connectivity index is 1.74. The van der Waals surface area contributed by atoms with Crippen LogP contribution in [0.2, 0.25) is 0 Å². The largest absolute Gasteiger partial charge is 0.478 e. The van der Waals surface area contributed by atoms with Gasteiger partial charge in [0.05, 0.1) is 11.1 Å². The summed E-state index contributed by atoms with van der Waals surface area (Å²) in [5.74, 6) is -0.261. The van der Waals surface area contributed by atoms with Gasteiger partial charge in [0.2, 0.25) is 0 Å². The van der Waals surface area contributed by atoms with Crippen LogP contribution < -0.4 is 9.47 Å². The average molecular weight is 426 g/mol. The lowest BCUT2D eigenvalue weighted by Gasteiger charge is -2.16. The number of para-hydroxylation sites is 1. The lowest BCUT2D eigenvalue weighted by Crippen LogP contribution is -1.97. The van der Waals surface area contributed by atoms with Crippen molar-refractivity contribution in [1.82, 2.24) is 0 Å². The standard InChI is InChI=1S/C26H18O6/c27-25(28)18-9-13-20(14-10-18)31-23-8-4-7-22(17-5-2-1-3-6-17)24(23)32-21-15-11-19(12-16-21)26(29)30/h1-16H,(H,27,28)(H,29,30). The summed E-state index contributed by atoms with van der Waals surface area (Å²) in [4.78, 5) is 22.2. The number of carboxylic acid groups (broad SMARTS) is 2. The second-order valence-electron chi connectivity index (χ2n) is 6.86. The fourth-order valence-electron chi connectivity index (χ4n) is 3.12. The third-order valence-corrected chi connectivity index (χ3v) is 4.71. The number of aromatic carboxylic acids is 2. The summed E-state index contributed by atoms with van der Waals surface area (Å²) in [6, 6.07) is 27.3. The van der Waals surface area contributed by atoms with Gasteiger partial charge in [-0.3, -0.25) is 0 Å². The molecule has 0 saturated carbocycles. The fraction of sp³-hybridized carbons (Fsp3) is 0. The van der Waals surface area contributed by atoms with E-state index in [1.807, 2.05) is 42.5 Å². The van der Waals surface area contributed by atoms with Gasteiger partial charge in [-0.25, -0.2) is 9.59 Å². The first-order chi connectivity index (χ1) is 15.5. The first-order valence-electron chi connectivity index (χ1n) is 9.72. The van der Waals surface area contributed by atoms with Crippen molar-refractivity contribution in [1.29, 1.82) is 0 Å². The molecule has 4 aromatic rings. The monoisotopic (exact) mass is 426 g/mol. The molecule has 0 aliphatic heterocycles. The molecule has 0 atom stereocenters. The van der Waals surface area contributed by atoms with Gasteiger partial charge in [0.1, 0.15) is 11.5 Å². The van der Waals surface area contributed by atoms with Crippen molar-refractivity contribution in [3.05, 3.63) is 108 Å². The highest BCUT2D eigenvalue weighted by atomic mass is 16.5. The summed E-state index contributed by atoms with van der Waals surface area (Å²) in [6.07, 6.45) is 0. The molecule has 6 heteroatoms. The van der Waals surface area contributed by atoms with Crippen LogP contribution in [0.1, 0.15) is 20.7 Å². The molecule has 2 N–H and O–H groups in total. The zero-order valence-corrected chi connectivity index (χ0v) is 16.8. The summed E-state index contributed by atoms with van der Waals surface area (Å²) in [5, 5.41) is 18.2. The fourth-order valence-corrected chi connectivity index (χ4v) is 3.12. The molecular formula is C26H18O6. The van der Waals surface area contributed by atoms with E-state index in [1.165, 1.54) is 24.3 Å². The lowest BCUT2D eigenvalue weighted by molar-refractivity contribution is 0.0686. The van der Waals surface area contributed by atoms with E-state index in [4.69, 9.17) is 19.7 Å². The second kappa shape index (κ2) is 9.06. The number of hydrogen-bond donors (Lipinski definition) is 2. The number of carbonyl (C=O) groups is 2. The SMILES string of the molecule is O=C(O)c1ccc(Oc2cccc(-c3ccccc3)c2Oc2ccc(C(=O)O)cc2)cc1. The Bertz CT molecular complexity index is 1250. The van der Waals surface area contributed by atoms with Crippen LogP contribution in [0.25, 0.3) is 11.1 Å². The van der Waals surface area contributed by atoms with Crippen molar-refractivity contribution in [2.45, 2.75) is 0 Å². The highest BCUT2D eigenvalue weighted by Gasteiger charge is 2.16. The van der Waals surface area contributed by atoms with E-state index in [-0.39, 0.29) is 11.1 Å². The third kappa shape index (κ3) is 4.60. The van der Waals surface area contributed by atoms with E-state index in [1.54, 1.807) is 30.3 Å². The number of benzene rings is 4. The number of rotatable bonds is 7. The van der Waals surface area contributed by atoms with Gasteiger partial charge < -0.3 is 19.7 Å². The number of carboxylic acids is 2. The molecule has 0 fully saturated rings. The predicted octanol–water partition coefficient (Wildman–Crippen LogP) is 6.33. The summed E-state index contributed by atoms with van der Waals surface area (Å²) >= 11 is 0. The minimum atomic E-state index is -1.02. The topological polar surface area (TPSA) is 93.1 Å². The molecule has 0 unspecified atom stereocenters. The Hall–Kier alpha value is -4.58. The van der Waals surface area contributed by atoms with Crippen LogP contribution in [-0.2, 0) is 0 Å². The van der Waals surface area contributed by atoms with Gasteiger partial charge >= 0.3 is 11.9 Å². The van der Waals surface area contributed by atoms with E-state index >= 15 is 0 Å². The van der Waals surface area contributed by atoms with Crippen LogP contribution in [0, 0.1) is 0 Å². The Morgan fingerprint density at radius 3 is 1.62 bits per heavy atom. The van der Waals surface area contributed by atoms with Gasteiger partial charge in [0, 0.05) is 5.56 Å².